The number of hydrogen-bond donors (Lipinski definition) is 3. The van der Waals surface area contributed by atoms with Crippen LogP contribution in [-0.4, -0.2) is 26.4 Å². The number of benzene rings is 1. The highest BCUT2D eigenvalue weighted by atomic mass is 35.5. The summed E-state index contributed by atoms with van der Waals surface area (Å²) in [7, 11) is 0. The minimum Gasteiger partial charge on any atom is -0.319 e. The van der Waals surface area contributed by atoms with E-state index >= 15 is 0 Å². The maximum atomic E-state index is 13.2. The van der Waals surface area contributed by atoms with Gasteiger partial charge in [0.15, 0.2) is 5.65 Å². The molecule has 0 aliphatic heterocycles. The van der Waals surface area contributed by atoms with E-state index in [0.29, 0.717) is 6.07 Å². The average Bonchev–Trinajstić information content (AvgIpc) is 2.96. The van der Waals surface area contributed by atoms with E-state index in [1.54, 1.807) is 0 Å². The van der Waals surface area contributed by atoms with Crippen LogP contribution in [0.1, 0.15) is 20.7 Å². The van der Waals surface area contributed by atoms with Crippen molar-refractivity contribution < 1.29 is 18.4 Å². The fourth-order valence-electron chi connectivity index (χ4n) is 2.07. The lowest BCUT2D eigenvalue weighted by molar-refractivity contribution is 0.0954. The highest BCUT2D eigenvalue weighted by molar-refractivity contribution is 6.04. The second-order valence-electron chi connectivity index (χ2n) is 4.75. The zero-order valence-corrected chi connectivity index (χ0v) is 13.2. The summed E-state index contributed by atoms with van der Waals surface area (Å²) < 4.78 is 27.6. The molecule has 0 bridgehead atoms. The number of halogens is 3. The largest absolute Gasteiger partial charge is 0.319 e. The van der Waals surface area contributed by atoms with Gasteiger partial charge in [-0.1, -0.05) is 0 Å². The molecule has 2 aromatic heterocycles. The first-order chi connectivity index (χ1) is 11.5. The molecule has 0 fully saturated rings. The van der Waals surface area contributed by atoms with Crippen LogP contribution in [0.5, 0.6) is 0 Å². The number of hydrogen-bond acceptors (Lipinski definition) is 5. The first-order valence-corrected chi connectivity index (χ1v) is 6.59. The van der Waals surface area contributed by atoms with E-state index in [2.05, 4.69) is 15.4 Å². The van der Waals surface area contributed by atoms with Crippen molar-refractivity contribution >= 4 is 35.6 Å². The van der Waals surface area contributed by atoms with Crippen LogP contribution in [0.15, 0.2) is 36.8 Å². The predicted molar refractivity (Wildman–Crippen MR) is 86.2 cm³/mol. The number of aromatic nitrogens is 3. The van der Waals surface area contributed by atoms with E-state index in [9.17, 15) is 18.4 Å². The van der Waals surface area contributed by atoms with Crippen molar-refractivity contribution in [1.29, 1.82) is 0 Å². The van der Waals surface area contributed by atoms with E-state index < -0.39 is 23.4 Å². The minimum atomic E-state index is -0.863. The summed E-state index contributed by atoms with van der Waals surface area (Å²) in [6, 6.07) is 2.47. The van der Waals surface area contributed by atoms with E-state index in [0.717, 1.165) is 12.1 Å². The Morgan fingerprint density at radius 3 is 2.40 bits per heavy atom. The van der Waals surface area contributed by atoms with Crippen molar-refractivity contribution in [2.45, 2.75) is 0 Å². The van der Waals surface area contributed by atoms with E-state index in [1.165, 1.54) is 23.1 Å². The number of hydrazine groups is 1. The van der Waals surface area contributed by atoms with Crippen LogP contribution in [0.4, 0.5) is 14.5 Å². The lowest BCUT2D eigenvalue weighted by Gasteiger charge is -2.06. The van der Waals surface area contributed by atoms with Crippen molar-refractivity contribution in [3.63, 3.8) is 0 Å². The summed E-state index contributed by atoms with van der Waals surface area (Å²) in [5, 5.41) is 6.36. The standard InChI is InChI=1S/C14H10F2N6O2.ClH/c15-8-1-7(2-9(16)3-8)13(23)20-10-4-18-12-11(14(24)21-17)5-19-22(12)6-10;/h1-6H,17H2,(H,20,23)(H,21,24);1H. The number of fused-ring (bicyclic) bond motifs is 1. The Kier molecular flexibility index (Phi) is 5.25. The molecule has 25 heavy (non-hydrogen) atoms. The third-order valence-corrected chi connectivity index (χ3v) is 3.11. The first kappa shape index (κ1) is 18.2. The van der Waals surface area contributed by atoms with Gasteiger partial charge < -0.3 is 5.32 Å². The number of nitrogen functional groups attached to an aromatic ring is 1. The van der Waals surface area contributed by atoms with E-state index in [4.69, 9.17) is 5.84 Å². The second kappa shape index (κ2) is 7.20. The van der Waals surface area contributed by atoms with Gasteiger partial charge in [0.2, 0.25) is 0 Å². The zero-order chi connectivity index (χ0) is 17.3. The van der Waals surface area contributed by atoms with Gasteiger partial charge in [-0.3, -0.25) is 15.0 Å². The smallest absolute Gasteiger partial charge is 0.270 e. The number of nitrogens with one attached hydrogen (secondary N) is 2. The third kappa shape index (κ3) is 3.70. The molecule has 0 aliphatic carbocycles. The van der Waals surface area contributed by atoms with Crippen molar-refractivity contribution in [2.75, 3.05) is 5.32 Å². The molecule has 0 spiro atoms. The molecule has 0 atom stereocenters. The SMILES string of the molecule is Cl.NNC(=O)c1cnn2cc(NC(=O)c3cc(F)cc(F)c3)cnc12. The molecule has 0 aliphatic rings. The Hall–Kier alpha value is -3.11. The van der Waals surface area contributed by atoms with Crippen molar-refractivity contribution in [3.05, 3.63) is 59.6 Å². The fraction of sp³-hybridized carbons (Fsp3) is 0. The van der Waals surface area contributed by atoms with Gasteiger partial charge in [-0.25, -0.2) is 24.1 Å². The number of carbonyl (C=O) groups excluding carboxylic acids is 2. The van der Waals surface area contributed by atoms with Gasteiger partial charge >= 0.3 is 0 Å². The lowest BCUT2D eigenvalue weighted by atomic mass is 10.2. The summed E-state index contributed by atoms with van der Waals surface area (Å²) in [5.74, 6) is 2.04. The van der Waals surface area contributed by atoms with Crippen LogP contribution in [0.25, 0.3) is 5.65 Å². The first-order valence-electron chi connectivity index (χ1n) is 6.59. The Bertz CT molecular complexity index is 941. The Morgan fingerprint density at radius 1 is 1.08 bits per heavy atom. The van der Waals surface area contributed by atoms with E-state index in [-0.39, 0.29) is 34.9 Å². The van der Waals surface area contributed by atoms with Gasteiger partial charge in [0, 0.05) is 11.6 Å². The number of carbonyl (C=O) groups is 2. The van der Waals surface area contributed by atoms with Crippen molar-refractivity contribution in [2.24, 2.45) is 5.84 Å². The predicted octanol–water partition coefficient (Wildman–Crippen LogP) is 1.29. The summed E-state index contributed by atoms with van der Waals surface area (Å²) in [6.07, 6.45) is 3.93. The van der Waals surface area contributed by atoms with Gasteiger partial charge in [0.05, 0.1) is 24.3 Å². The second-order valence-corrected chi connectivity index (χ2v) is 4.75. The van der Waals surface area contributed by atoms with Gasteiger partial charge in [0.1, 0.15) is 17.2 Å². The van der Waals surface area contributed by atoms with Gasteiger partial charge in [0.25, 0.3) is 11.8 Å². The maximum absolute atomic E-state index is 13.2. The molecule has 8 nitrogen and oxygen atoms in total. The average molecular weight is 369 g/mol. The number of nitrogens with zero attached hydrogens (tertiary/aromatic N) is 3. The van der Waals surface area contributed by atoms with Crippen LogP contribution in [-0.2, 0) is 0 Å². The van der Waals surface area contributed by atoms with Gasteiger partial charge in [-0.05, 0) is 12.1 Å². The summed E-state index contributed by atoms with van der Waals surface area (Å²) >= 11 is 0. The van der Waals surface area contributed by atoms with Crippen molar-refractivity contribution in [1.82, 2.24) is 20.0 Å². The normalized spacial score (nSPS) is 10.2. The molecule has 2 amide bonds. The Balaban J connectivity index is 0.00000225. The lowest BCUT2D eigenvalue weighted by Crippen LogP contribution is -2.29. The molecule has 1 aromatic carbocycles. The van der Waals surface area contributed by atoms with Crippen molar-refractivity contribution in [3.8, 4) is 0 Å². The zero-order valence-electron chi connectivity index (χ0n) is 12.4. The van der Waals surface area contributed by atoms with Crippen LogP contribution >= 0.6 is 12.4 Å². The van der Waals surface area contributed by atoms with Gasteiger partial charge in [-0.15, -0.1) is 12.4 Å². The molecule has 130 valence electrons. The highest BCUT2D eigenvalue weighted by Crippen LogP contribution is 2.14. The summed E-state index contributed by atoms with van der Waals surface area (Å²) in [6.45, 7) is 0. The maximum Gasteiger partial charge on any atom is 0.270 e. The highest BCUT2D eigenvalue weighted by Gasteiger charge is 2.14. The molecule has 0 radical (unpaired) electrons. The summed E-state index contributed by atoms with van der Waals surface area (Å²) in [4.78, 5) is 27.6. The van der Waals surface area contributed by atoms with Gasteiger partial charge in [-0.2, -0.15) is 5.10 Å². The monoisotopic (exact) mass is 368 g/mol. The van der Waals surface area contributed by atoms with Crippen LogP contribution in [0, 0.1) is 11.6 Å². The topological polar surface area (TPSA) is 114 Å². The molecular formula is C14H11ClF2N6O2. The van der Waals surface area contributed by atoms with Crippen LogP contribution in [0.2, 0.25) is 0 Å². The molecule has 3 rings (SSSR count). The molecule has 11 heteroatoms. The van der Waals surface area contributed by atoms with E-state index in [1.807, 2.05) is 5.43 Å². The molecule has 4 N–H and O–H groups in total. The van der Waals surface area contributed by atoms with Crippen LogP contribution < -0.4 is 16.6 Å². The molecule has 3 aromatic rings. The number of amides is 2. The fourth-order valence-corrected chi connectivity index (χ4v) is 2.07. The number of anilines is 1. The number of nitrogens with two attached hydrogens (primary N) is 1. The Labute approximate surface area is 145 Å². The number of rotatable bonds is 3. The molecule has 0 saturated heterocycles. The minimum absolute atomic E-state index is 0. The van der Waals surface area contributed by atoms with Crippen LogP contribution in [0.3, 0.4) is 0 Å². The third-order valence-electron chi connectivity index (χ3n) is 3.11. The Morgan fingerprint density at radius 2 is 1.76 bits per heavy atom. The molecule has 0 saturated carbocycles. The summed E-state index contributed by atoms with van der Waals surface area (Å²) in [5.41, 5.74) is 2.39. The molecular weight excluding hydrogens is 358 g/mol. The molecule has 0 unspecified atom stereocenters. The molecule has 2 heterocycles. The quantitative estimate of drug-likeness (QED) is 0.366.